The van der Waals surface area contributed by atoms with Crippen molar-refractivity contribution in [2.24, 2.45) is 0 Å². The molecule has 5 nitrogen and oxygen atoms in total. The van der Waals surface area contributed by atoms with Crippen molar-refractivity contribution in [2.45, 2.75) is 12.3 Å². The van der Waals surface area contributed by atoms with Crippen LogP contribution in [0, 0.1) is 0 Å². The number of nitrogens with two attached hydrogens (primary N) is 2. The molecule has 3 aromatic rings. The van der Waals surface area contributed by atoms with Gasteiger partial charge in [-0.2, -0.15) is 0 Å². The SMILES string of the molecule is COc1ccc(N)c(C(Cc2ccoc2)c2cc(OC)ccc2N)c1. The highest BCUT2D eigenvalue weighted by Gasteiger charge is 2.22. The molecule has 0 atom stereocenters. The molecule has 0 fully saturated rings. The number of furan rings is 1. The molecule has 2 aromatic carbocycles. The number of methoxy groups -OCH3 is 2. The van der Waals surface area contributed by atoms with E-state index in [0.717, 1.165) is 28.2 Å². The third kappa shape index (κ3) is 3.55. The summed E-state index contributed by atoms with van der Waals surface area (Å²) in [6.07, 6.45) is 4.10. The first kappa shape index (κ1) is 16.8. The summed E-state index contributed by atoms with van der Waals surface area (Å²) in [4.78, 5) is 0. The minimum absolute atomic E-state index is 0.0530. The lowest BCUT2D eigenvalue weighted by molar-refractivity contribution is 0.413. The third-order valence-corrected chi connectivity index (χ3v) is 4.36. The Bertz CT molecular complexity index is 791. The van der Waals surface area contributed by atoms with Crippen LogP contribution in [0.5, 0.6) is 11.5 Å². The van der Waals surface area contributed by atoms with Crippen molar-refractivity contribution in [1.82, 2.24) is 0 Å². The van der Waals surface area contributed by atoms with E-state index in [9.17, 15) is 0 Å². The van der Waals surface area contributed by atoms with E-state index in [4.69, 9.17) is 25.4 Å². The number of anilines is 2. The summed E-state index contributed by atoms with van der Waals surface area (Å²) < 4.78 is 16.0. The average Bonchev–Trinajstić information content (AvgIpc) is 3.14. The van der Waals surface area contributed by atoms with Gasteiger partial charge in [0.15, 0.2) is 0 Å². The molecule has 0 aliphatic carbocycles. The maximum Gasteiger partial charge on any atom is 0.119 e. The van der Waals surface area contributed by atoms with Gasteiger partial charge in [0, 0.05) is 17.3 Å². The van der Waals surface area contributed by atoms with E-state index >= 15 is 0 Å². The average molecular weight is 338 g/mol. The predicted molar refractivity (Wildman–Crippen MR) is 99.1 cm³/mol. The fraction of sp³-hybridized carbons (Fsp3) is 0.200. The number of hydrogen-bond donors (Lipinski definition) is 2. The summed E-state index contributed by atoms with van der Waals surface area (Å²) in [5, 5.41) is 0. The van der Waals surface area contributed by atoms with E-state index in [1.54, 1.807) is 26.7 Å². The molecule has 1 aromatic heterocycles. The largest absolute Gasteiger partial charge is 0.497 e. The van der Waals surface area contributed by atoms with E-state index in [1.807, 2.05) is 42.5 Å². The van der Waals surface area contributed by atoms with Crippen LogP contribution in [0.2, 0.25) is 0 Å². The molecule has 0 amide bonds. The lowest BCUT2D eigenvalue weighted by Crippen LogP contribution is -2.10. The zero-order valence-corrected chi connectivity index (χ0v) is 14.4. The number of nitrogen functional groups attached to an aromatic ring is 2. The first-order chi connectivity index (χ1) is 12.1. The minimum Gasteiger partial charge on any atom is -0.497 e. The maximum absolute atomic E-state index is 6.28. The molecule has 5 heteroatoms. The molecule has 3 rings (SSSR count). The van der Waals surface area contributed by atoms with Crippen molar-refractivity contribution in [3.63, 3.8) is 0 Å². The van der Waals surface area contributed by atoms with E-state index < -0.39 is 0 Å². The van der Waals surface area contributed by atoms with Gasteiger partial charge in [-0.25, -0.2) is 0 Å². The highest BCUT2D eigenvalue weighted by molar-refractivity contribution is 5.61. The van der Waals surface area contributed by atoms with Crippen LogP contribution in [0.15, 0.2) is 59.4 Å². The second-order valence-electron chi connectivity index (χ2n) is 5.88. The van der Waals surface area contributed by atoms with Gasteiger partial charge in [-0.15, -0.1) is 0 Å². The molecule has 0 bridgehead atoms. The summed E-state index contributed by atoms with van der Waals surface area (Å²) in [5.74, 6) is 1.45. The molecule has 4 N–H and O–H groups in total. The molecule has 0 radical (unpaired) electrons. The molecule has 0 aliphatic heterocycles. The highest BCUT2D eigenvalue weighted by atomic mass is 16.5. The van der Waals surface area contributed by atoms with E-state index in [1.165, 1.54) is 0 Å². The van der Waals surface area contributed by atoms with Gasteiger partial charge in [0.25, 0.3) is 0 Å². The summed E-state index contributed by atoms with van der Waals surface area (Å²) in [6, 6.07) is 13.3. The highest BCUT2D eigenvalue weighted by Crippen LogP contribution is 2.38. The zero-order chi connectivity index (χ0) is 17.8. The quantitative estimate of drug-likeness (QED) is 0.667. The van der Waals surface area contributed by atoms with Crippen molar-refractivity contribution in [2.75, 3.05) is 25.7 Å². The topological polar surface area (TPSA) is 83.6 Å². The molecule has 130 valence electrons. The first-order valence-corrected chi connectivity index (χ1v) is 8.00. The Morgan fingerprint density at radius 1 is 0.880 bits per heavy atom. The van der Waals surface area contributed by atoms with Gasteiger partial charge in [-0.3, -0.25) is 0 Å². The Morgan fingerprint density at radius 3 is 1.88 bits per heavy atom. The number of hydrogen-bond acceptors (Lipinski definition) is 5. The summed E-state index contributed by atoms with van der Waals surface area (Å²) in [6.45, 7) is 0. The Hall–Kier alpha value is -3.08. The Labute approximate surface area is 147 Å². The minimum atomic E-state index is -0.0530. The fourth-order valence-electron chi connectivity index (χ4n) is 3.00. The summed E-state index contributed by atoms with van der Waals surface area (Å²) in [7, 11) is 3.28. The van der Waals surface area contributed by atoms with E-state index in [0.29, 0.717) is 17.8 Å². The maximum atomic E-state index is 6.28. The lowest BCUT2D eigenvalue weighted by Gasteiger charge is -2.22. The first-order valence-electron chi connectivity index (χ1n) is 8.00. The van der Waals surface area contributed by atoms with Crippen molar-refractivity contribution >= 4 is 11.4 Å². The second-order valence-corrected chi connectivity index (χ2v) is 5.88. The second kappa shape index (κ2) is 7.21. The van der Waals surface area contributed by atoms with Gasteiger partial charge >= 0.3 is 0 Å². The van der Waals surface area contributed by atoms with Crippen LogP contribution in [0.25, 0.3) is 0 Å². The number of ether oxygens (including phenoxy) is 2. The molecule has 0 saturated carbocycles. The van der Waals surface area contributed by atoms with Crippen LogP contribution in [0.4, 0.5) is 11.4 Å². The predicted octanol–water partition coefficient (Wildman–Crippen LogP) is 3.84. The molecule has 1 heterocycles. The molecule has 25 heavy (non-hydrogen) atoms. The molecule has 0 unspecified atom stereocenters. The van der Waals surface area contributed by atoms with Crippen LogP contribution in [0.1, 0.15) is 22.6 Å². The third-order valence-electron chi connectivity index (χ3n) is 4.36. The summed E-state index contributed by atoms with van der Waals surface area (Å²) in [5.41, 5.74) is 16.9. The number of benzene rings is 2. The molecule has 0 saturated heterocycles. The van der Waals surface area contributed by atoms with Gasteiger partial charge < -0.3 is 25.4 Å². The molecule has 0 spiro atoms. The number of rotatable bonds is 6. The van der Waals surface area contributed by atoms with Crippen LogP contribution in [-0.4, -0.2) is 14.2 Å². The fourth-order valence-corrected chi connectivity index (χ4v) is 3.00. The van der Waals surface area contributed by atoms with E-state index in [2.05, 4.69) is 0 Å². The van der Waals surface area contributed by atoms with Gasteiger partial charge in [-0.05, 0) is 65.6 Å². The monoisotopic (exact) mass is 338 g/mol. The van der Waals surface area contributed by atoms with Gasteiger partial charge in [0.05, 0.1) is 26.7 Å². The van der Waals surface area contributed by atoms with Crippen LogP contribution in [-0.2, 0) is 6.42 Å². The van der Waals surface area contributed by atoms with Gasteiger partial charge in [-0.1, -0.05) is 0 Å². The standard InChI is InChI=1S/C20H22N2O3/c1-23-14-3-5-19(21)17(10-14)16(9-13-7-8-25-12-13)18-11-15(24-2)4-6-20(18)22/h3-8,10-12,16H,9,21-22H2,1-2H3. The summed E-state index contributed by atoms with van der Waals surface area (Å²) >= 11 is 0. The molecular formula is C20H22N2O3. The Kier molecular flexibility index (Phi) is 4.84. The Balaban J connectivity index is 2.13. The lowest BCUT2D eigenvalue weighted by atomic mass is 9.84. The van der Waals surface area contributed by atoms with Crippen LogP contribution < -0.4 is 20.9 Å². The van der Waals surface area contributed by atoms with Crippen molar-refractivity contribution in [1.29, 1.82) is 0 Å². The van der Waals surface area contributed by atoms with Crippen LogP contribution >= 0.6 is 0 Å². The van der Waals surface area contributed by atoms with Crippen molar-refractivity contribution in [3.8, 4) is 11.5 Å². The van der Waals surface area contributed by atoms with Crippen molar-refractivity contribution < 1.29 is 13.9 Å². The van der Waals surface area contributed by atoms with Gasteiger partial charge in [0.2, 0.25) is 0 Å². The van der Waals surface area contributed by atoms with E-state index in [-0.39, 0.29) is 5.92 Å². The smallest absolute Gasteiger partial charge is 0.119 e. The van der Waals surface area contributed by atoms with Crippen molar-refractivity contribution in [3.05, 3.63) is 71.7 Å². The Morgan fingerprint density at radius 2 is 1.44 bits per heavy atom. The van der Waals surface area contributed by atoms with Gasteiger partial charge in [0.1, 0.15) is 11.5 Å². The zero-order valence-electron chi connectivity index (χ0n) is 14.4. The molecular weight excluding hydrogens is 316 g/mol. The van der Waals surface area contributed by atoms with Crippen LogP contribution in [0.3, 0.4) is 0 Å². The normalized spacial score (nSPS) is 10.8. The molecule has 0 aliphatic rings.